The van der Waals surface area contributed by atoms with Gasteiger partial charge in [-0.05, 0) is 24.2 Å². The Labute approximate surface area is 172 Å². The van der Waals surface area contributed by atoms with E-state index in [-0.39, 0.29) is 24.2 Å². The molecule has 3 amide bonds. The van der Waals surface area contributed by atoms with E-state index in [4.69, 9.17) is 15.9 Å². The maximum Gasteiger partial charge on any atom is 0.328 e. The monoisotopic (exact) mass is 416 g/mol. The first kappa shape index (κ1) is 26.8. The van der Waals surface area contributed by atoms with E-state index in [2.05, 4.69) is 16.0 Å². The summed E-state index contributed by atoms with van der Waals surface area (Å²) in [5.41, 5.74) is 5.84. The lowest BCUT2D eigenvalue weighted by atomic mass is 9.98. The van der Waals surface area contributed by atoms with Crippen molar-refractivity contribution in [2.24, 2.45) is 23.5 Å². The normalized spacial score (nSPS) is 15.6. The van der Waals surface area contributed by atoms with Crippen LogP contribution in [0.2, 0.25) is 0 Å². The number of nitrogens with two attached hydrogens (primary N) is 1. The van der Waals surface area contributed by atoms with Crippen LogP contribution < -0.4 is 21.7 Å². The van der Waals surface area contributed by atoms with E-state index in [1.807, 2.05) is 13.8 Å². The van der Waals surface area contributed by atoms with Crippen LogP contribution in [0, 0.1) is 17.8 Å². The van der Waals surface area contributed by atoms with Crippen molar-refractivity contribution in [3.63, 3.8) is 0 Å². The molecule has 0 rings (SSSR count). The highest BCUT2D eigenvalue weighted by molar-refractivity contribution is 5.94. The molecule has 0 fully saturated rings. The third-order valence-corrected chi connectivity index (χ3v) is 4.41. The summed E-state index contributed by atoms with van der Waals surface area (Å²) < 4.78 is 0. The molecule has 4 atom stereocenters. The molecule has 0 aliphatic rings. The minimum Gasteiger partial charge on any atom is -0.480 e. The van der Waals surface area contributed by atoms with Crippen LogP contribution in [0.5, 0.6) is 0 Å². The second-order valence-electron chi connectivity index (χ2n) is 8.27. The Morgan fingerprint density at radius 1 is 0.793 bits per heavy atom. The van der Waals surface area contributed by atoms with Gasteiger partial charge in [0.1, 0.15) is 18.1 Å². The van der Waals surface area contributed by atoms with Gasteiger partial charge in [-0.1, -0.05) is 41.5 Å². The van der Waals surface area contributed by atoms with Crippen molar-refractivity contribution in [1.29, 1.82) is 0 Å². The second kappa shape index (κ2) is 12.4. The summed E-state index contributed by atoms with van der Waals surface area (Å²) in [6, 6.07) is -4.19. The average molecular weight is 417 g/mol. The maximum absolute atomic E-state index is 12.8. The fourth-order valence-electron chi connectivity index (χ4n) is 2.51. The van der Waals surface area contributed by atoms with Crippen LogP contribution in [-0.4, -0.2) is 64.7 Å². The molecule has 29 heavy (non-hydrogen) atoms. The summed E-state index contributed by atoms with van der Waals surface area (Å²) >= 11 is 0. The van der Waals surface area contributed by atoms with Crippen molar-refractivity contribution in [3.05, 3.63) is 0 Å². The highest BCUT2D eigenvalue weighted by Gasteiger charge is 2.32. The van der Waals surface area contributed by atoms with Crippen molar-refractivity contribution >= 4 is 23.7 Å². The van der Waals surface area contributed by atoms with E-state index in [0.29, 0.717) is 0 Å². The maximum atomic E-state index is 12.8. The SMILES string of the molecule is CC(C)CC(NC(=O)C(NC(=O)C(N)C(C)C)C(C)C)C(=O)NC(CO)C(=O)O. The number of carboxylic acids is 1. The van der Waals surface area contributed by atoms with Gasteiger partial charge in [-0.3, -0.25) is 14.4 Å². The number of aliphatic hydroxyl groups is 1. The van der Waals surface area contributed by atoms with Crippen molar-refractivity contribution in [2.45, 2.75) is 72.1 Å². The lowest BCUT2D eigenvalue weighted by Gasteiger charge is -2.28. The summed E-state index contributed by atoms with van der Waals surface area (Å²) in [5.74, 6) is -3.51. The summed E-state index contributed by atoms with van der Waals surface area (Å²) in [5, 5.41) is 25.5. The topological polar surface area (TPSA) is 171 Å². The smallest absolute Gasteiger partial charge is 0.328 e. The van der Waals surface area contributed by atoms with E-state index in [1.54, 1.807) is 27.7 Å². The Balaban J connectivity index is 5.36. The predicted octanol–water partition coefficient (Wildman–Crippen LogP) is -0.797. The van der Waals surface area contributed by atoms with Crippen molar-refractivity contribution in [2.75, 3.05) is 6.61 Å². The van der Waals surface area contributed by atoms with Gasteiger partial charge in [0.05, 0.1) is 12.6 Å². The summed E-state index contributed by atoms with van der Waals surface area (Å²) in [7, 11) is 0. The molecule has 0 saturated heterocycles. The highest BCUT2D eigenvalue weighted by atomic mass is 16.4. The number of rotatable bonds is 12. The van der Waals surface area contributed by atoms with Crippen LogP contribution in [-0.2, 0) is 19.2 Å². The Kier molecular flexibility index (Phi) is 11.4. The second-order valence-corrected chi connectivity index (χ2v) is 8.27. The fourth-order valence-corrected chi connectivity index (χ4v) is 2.51. The van der Waals surface area contributed by atoms with Gasteiger partial charge in [0.2, 0.25) is 17.7 Å². The minimum atomic E-state index is -1.47. The number of aliphatic carboxylic acids is 1. The lowest BCUT2D eigenvalue weighted by molar-refractivity contribution is -0.143. The Morgan fingerprint density at radius 3 is 1.69 bits per heavy atom. The molecule has 0 aromatic carbocycles. The van der Waals surface area contributed by atoms with E-state index >= 15 is 0 Å². The Morgan fingerprint density at radius 2 is 1.31 bits per heavy atom. The van der Waals surface area contributed by atoms with Crippen molar-refractivity contribution in [1.82, 2.24) is 16.0 Å². The number of hydrogen-bond donors (Lipinski definition) is 6. The molecule has 0 aliphatic carbocycles. The fraction of sp³-hybridized carbons (Fsp3) is 0.789. The molecular formula is C19H36N4O6. The van der Waals surface area contributed by atoms with Gasteiger partial charge in [0, 0.05) is 0 Å². The molecule has 0 aromatic rings. The first-order chi connectivity index (χ1) is 13.3. The number of hydrogen-bond acceptors (Lipinski definition) is 6. The van der Waals surface area contributed by atoms with E-state index < -0.39 is 54.5 Å². The quantitative estimate of drug-likeness (QED) is 0.242. The van der Waals surface area contributed by atoms with Gasteiger partial charge in [-0.25, -0.2) is 4.79 Å². The summed E-state index contributed by atoms with van der Waals surface area (Å²) in [6.45, 7) is 9.98. The lowest BCUT2D eigenvalue weighted by Crippen LogP contribution is -2.59. The molecular weight excluding hydrogens is 380 g/mol. The van der Waals surface area contributed by atoms with Gasteiger partial charge >= 0.3 is 5.97 Å². The van der Waals surface area contributed by atoms with Crippen LogP contribution in [0.15, 0.2) is 0 Å². The van der Waals surface area contributed by atoms with E-state index in [1.165, 1.54) is 0 Å². The molecule has 0 aromatic heterocycles. The van der Waals surface area contributed by atoms with E-state index in [0.717, 1.165) is 0 Å². The zero-order chi connectivity index (χ0) is 22.9. The summed E-state index contributed by atoms with van der Waals surface area (Å²) in [6.07, 6.45) is 0.250. The van der Waals surface area contributed by atoms with Gasteiger partial charge in [-0.2, -0.15) is 0 Å². The molecule has 4 unspecified atom stereocenters. The standard InChI is InChI=1S/C19H36N4O6/c1-9(2)7-12(16(25)22-13(8-24)19(28)29)21-18(27)15(11(5)6)23-17(26)14(20)10(3)4/h9-15,24H,7-8,20H2,1-6H3,(H,21,27)(H,22,25)(H,23,26)(H,28,29). The zero-order valence-corrected chi connectivity index (χ0v) is 18.1. The molecule has 0 spiro atoms. The zero-order valence-electron chi connectivity index (χ0n) is 18.1. The van der Waals surface area contributed by atoms with Crippen molar-refractivity contribution in [3.8, 4) is 0 Å². The summed E-state index contributed by atoms with van der Waals surface area (Å²) in [4.78, 5) is 48.6. The van der Waals surface area contributed by atoms with Crippen LogP contribution in [0.1, 0.15) is 48.0 Å². The number of amides is 3. The number of carbonyl (C=O) groups excluding carboxylic acids is 3. The van der Waals surface area contributed by atoms with Crippen molar-refractivity contribution < 1.29 is 29.4 Å². The number of aliphatic hydroxyl groups excluding tert-OH is 1. The van der Waals surface area contributed by atoms with Gasteiger partial charge in [-0.15, -0.1) is 0 Å². The first-order valence-electron chi connectivity index (χ1n) is 9.82. The molecule has 0 heterocycles. The Hall–Kier alpha value is -2.20. The third kappa shape index (κ3) is 9.23. The van der Waals surface area contributed by atoms with Gasteiger partial charge in [0.25, 0.3) is 0 Å². The molecule has 168 valence electrons. The van der Waals surface area contributed by atoms with Crippen LogP contribution in [0.25, 0.3) is 0 Å². The van der Waals surface area contributed by atoms with Crippen LogP contribution in [0.3, 0.4) is 0 Å². The molecule has 0 radical (unpaired) electrons. The van der Waals surface area contributed by atoms with Gasteiger partial charge < -0.3 is 31.9 Å². The Bertz CT molecular complexity index is 579. The molecule has 10 heteroatoms. The highest BCUT2D eigenvalue weighted by Crippen LogP contribution is 2.09. The minimum absolute atomic E-state index is 0.0184. The number of carboxylic acid groups (broad SMARTS) is 1. The number of carbonyl (C=O) groups is 4. The average Bonchev–Trinajstić information content (AvgIpc) is 2.61. The van der Waals surface area contributed by atoms with E-state index in [9.17, 15) is 19.2 Å². The predicted molar refractivity (Wildman–Crippen MR) is 108 cm³/mol. The largest absolute Gasteiger partial charge is 0.480 e. The third-order valence-electron chi connectivity index (χ3n) is 4.41. The van der Waals surface area contributed by atoms with Crippen LogP contribution in [0.4, 0.5) is 0 Å². The first-order valence-corrected chi connectivity index (χ1v) is 9.82. The molecule has 10 nitrogen and oxygen atoms in total. The van der Waals surface area contributed by atoms with Crippen LogP contribution >= 0.6 is 0 Å². The van der Waals surface area contributed by atoms with Gasteiger partial charge in [0.15, 0.2) is 0 Å². The molecule has 0 aliphatic heterocycles. The molecule has 0 saturated carbocycles. The molecule has 0 bridgehead atoms. The molecule has 7 N–H and O–H groups in total. The number of nitrogens with one attached hydrogen (secondary N) is 3.